The lowest BCUT2D eigenvalue weighted by atomic mass is 10.1. The lowest BCUT2D eigenvalue weighted by Gasteiger charge is -2.01. The zero-order valence-corrected chi connectivity index (χ0v) is 9.32. The van der Waals surface area contributed by atoms with Crippen molar-refractivity contribution in [1.82, 2.24) is 0 Å². The molecule has 0 saturated heterocycles. The van der Waals surface area contributed by atoms with E-state index in [4.69, 9.17) is 17.3 Å². The first-order valence-electron chi connectivity index (χ1n) is 4.30. The van der Waals surface area contributed by atoms with Crippen LogP contribution in [-0.2, 0) is 0 Å². The van der Waals surface area contributed by atoms with Crippen LogP contribution in [-0.4, -0.2) is 0 Å². The van der Waals surface area contributed by atoms with Gasteiger partial charge in [-0.15, -0.1) is 11.3 Å². The van der Waals surface area contributed by atoms with Gasteiger partial charge in [0, 0.05) is 10.4 Å². The Bertz CT molecular complexity index is 448. The number of nitrogens with two attached hydrogens (primary N) is 1. The number of hydrogen-bond donors (Lipinski definition) is 1. The normalized spacial score (nSPS) is 10.4. The summed E-state index contributed by atoms with van der Waals surface area (Å²) in [7, 11) is 0. The van der Waals surface area contributed by atoms with Gasteiger partial charge in [-0.25, -0.2) is 0 Å². The molecule has 0 aliphatic rings. The number of hydrogen-bond acceptors (Lipinski definition) is 2. The second kappa shape index (κ2) is 3.64. The lowest BCUT2D eigenvalue weighted by Crippen LogP contribution is -1.86. The van der Waals surface area contributed by atoms with Gasteiger partial charge in [-0.05, 0) is 12.5 Å². The Labute approximate surface area is 92.1 Å². The summed E-state index contributed by atoms with van der Waals surface area (Å²) in [5.41, 5.74) is 8.81. The van der Waals surface area contributed by atoms with Crippen molar-refractivity contribution in [3.63, 3.8) is 0 Å². The molecule has 0 aliphatic carbocycles. The molecule has 14 heavy (non-hydrogen) atoms. The molecule has 1 aromatic carbocycles. The molecule has 1 heterocycles. The van der Waals surface area contributed by atoms with E-state index in [2.05, 4.69) is 0 Å². The summed E-state index contributed by atoms with van der Waals surface area (Å²) in [4.78, 5) is 1.17. The van der Waals surface area contributed by atoms with Crippen LogP contribution in [0.15, 0.2) is 30.3 Å². The third-order valence-corrected chi connectivity index (χ3v) is 3.48. The van der Waals surface area contributed by atoms with Gasteiger partial charge in [0.25, 0.3) is 0 Å². The van der Waals surface area contributed by atoms with Gasteiger partial charge in [-0.1, -0.05) is 41.9 Å². The van der Waals surface area contributed by atoms with Crippen LogP contribution in [0.1, 0.15) is 4.88 Å². The van der Waals surface area contributed by atoms with Crippen molar-refractivity contribution >= 4 is 28.6 Å². The van der Waals surface area contributed by atoms with E-state index in [9.17, 15) is 0 Å². The Morgan fingerprint density at radius 3 is 2.36 bits per heavy atom. The molecule has 0 bridgehead atoms. The molecule has 2 N–H and O–H groups in total. The number of thiophene rings is 1. The second-order valence-corrected chi connectivity index (χ2v) is 4.91. The highest BCUT2D eigenvalue weighted by atomic mass is 35.5. The number of aryl methyl sites for hydroxylation is 1. The van der Waals surface area contributed by atoms with E-state index in [0.717, 1.165) is 11.1 Å². The van der Waals surface area contributed by atoms with Crippen LogP contribution in [0.5, 0.6) is 0 Å². The quantitative estimate of drug-likeness (QED) is 0.778. The van der Waals surface area contributed by atoms with E-state index in [-0.39, 0.29) is 0 Å². The number of halogens is 1. The predicted octanol–water partition coefficient (Wildman–Crippen LogP) is 3.96. The van der Waals surface area contributed by atoms with Crippen LogP contribution >= 0.6 is 22.9 Å². The van der Waals surface area contributed by atoms with Gasteiger partial charge in [-0.2, -0.15) is 0 Å². The molecule has 0 atom stereocenters. The van der Waals surface area contributed by atoms with Crippen LogP contribution < -0.4 is 5.73 Å². The van der Waals surface area contributed by atoms with E-state index >= 15 is 0 Å². The molecule has 0 unspecified atom stereocenters. The molecule has 2 rings (SSSR count). The third kappa shape index (κ3) is 1.51. The zero-order valence-electron chi connectivity index (χ0n) is 7.75. The summed E-state index contributed by atoms with van der Waals surface area (Å²) in [6, 6.07) is 10.1. The minimum absolute atomic E-state index is 0.682. The monoisotopic (exact) mass is 223 g/mol. The number of rotatable bonds is 1. The van der Waals surface area contributed by atoms with Gasteiger partial charge in [0.05, 0.1) is 5.69 Å². The molecule has 0 radical (unpaired) electrons. The van der Waals surface area contributed by atoms with Gasteiger partial charge >= 0.3 is 0 Å². The largest absolute Gasteiger partial charge is 0.396 e. The summed E-state index contributed by atoms with van der Waals surface area (Å²) in [6.45, 7) is 2.04. The van der Waals surface area contributed by atoms with Crippen molar-refractivity contribution in [2.75, 3.05) is 5.73 Å². The third-order valence-electron chi connectivity index (χ3n) is 2.14. The molecule has 2 aromatic rings. The van der Waals surface area contributed by atoms with E-state index in [1.54, 1.807) is 0 Å². The second-order valence-electron chi connectivity index (χ2n) is 3.09. The van der Waals surface area contributed by atoms with Gasteiger partial charge in [0.2, 0.25) is 0 Å². The van der Waals surface area contributed by atoms with Crippen LogP contribution in [0, 0.1) is 6.92 Å². The molecule has 72 valence electrons. The first-order valence-corrected chi connectivity index (χ1v) is 5.49. The van der Waals surface area contributed by atoms with Gasteiger partial charge in [-0.3, -0.25) is 0 Å². The van der Waals surface area contributed by atoms with E-state index < -0.39 is 0 Å². The Morgan fingerprint density at radius 1 is 1.21 bits per heavy atom. The Hall–Kier alpha value is -0.990. The first kappa shape index (κ1) is 9.56. The highest BCUT2D eigenvalue weighted by molar-refractivity contribution is 7.17. The van der Waals surface area contributed by atoms with Crippen molar-refractivity contribution in [3.8, 4) is 11.1 Å². The molecular formula is C11H10ClNS. The number of anilines is 1. The van der Waals surface area contributed by atoms with E-state index in [1.807, 2.05) is 37.3 Å². The molecule has 0 amide bonds. The number of nitrogen functional groups attached to an aromatic ring is 1. The average molecular weight is 224 g/mol. The molecule has 1 nitrogen and oxygen atoms in total. The summed E-state index contributed by atoms with van der Waals surface area (Å²) in [5.74, 6) is 0. The summed E-state index contributed by atoms with van der Waals surface area (Å²) >= 11 is 7.51. The number of benzene rings is 1. The smallest absolute Gasteiger partial charge is 0.117 e. The highest BCUT2D eigenvalue weighted by Gasteiger charge is 2.12. The molecule has 1 aromatic heterocycles. The Morgan fingerprint density at radius 2 is 1.86 bits per heavy atom. The van der Waals surface area contributed by atoms with E-state index in [0.29, 0.717) is 10.0 Å². The van der Waals surface area contributed by atoms with Crippen molar-refractivity contribution in [2.45, 2.75) is 6.92 Å². The predicted molar refractivity (Wildman–Crippen MR) is 63.9 cm³/mol. The molecule has 0 saturated carbocycles. The van der Waals surface area contributed by atoms with Gasteiger partial charge < -0.3 is 5.73 Å². The van der Waals surface area contributed by atoms with Gasteiger partial charge in [0.1, 0.15) is 4.34 Å². The summed E-state index contributed by atoms with van der Waals surface area (Å²) < 4.78 is 0.682. The maximum atomic E-state index is 5.98. The van der Waals surface area contributed by atoms with Crippen molar-refractivity contribution in [3.05, 3.63) is 39.5 Å². The Balaban J connectivity index is 2.62. The minimum Gasteiger partial charge on any atom is -0.396 e. The highest BCUT2D eigenvalue weighted by Crippen LogP contribution is 2.41. The molecule has 0 fully saturated rings. The summed E-state index contributed by atoms with van der Waals surface area (Å²) in [5, 5.41) is 0. The fourth-order valence-corrected chi connectivity index (χ4v) is 2.74. The molecule has 0 spiro atoms. The maximum Gasteiger partial charge on any atom is 0.117 e. The molecule has 0 aliphatic heterocycles. The zero-order chi connectivity index (χ0) is 10.1. The lowest BCUT2D eigenvalue weighted by molar-refractivity contribution is 1.58. The molecule has 3 heteroatoms. The summed E-state index contributed by atoms with van der Waals surface area (Å²) in [6.07, 6.45) is 0. The van der Waals surface area contributed by atoms with Crippen LogP contribution in [0.2, 0.25) is 4.34 Å². The van der Waals surface area contributed by atoms with Crippen molar-refractivity contribution in [1.29, 1.82) is 0 Å². The topological polar surface area (TPSA) is 26.0 Å². The van der Waals surface area contributed by atoms with Crippen LogP contribution in [0.3, 0.4) is 0 Å². The minimum atomic E-state index is 0.682. The Kier molecular flexibility index (Phi) is 2.48. The molecular weight excluding hydrogens is 214 g/mol. The fraction of sp³-hybridized carbons (Fsp3) is 0.0909. The van der Waals surface area contributed by atoms with Crippen molar-refractivity contribution < 1.29 is 0 Å². The van der Waals surface area contributed by atoms with Crippen LogP contribution in [0.25, 0.3) is 11.1 Å². The SMILES string of the molecule is Cc1sc(Cl)c(N)c1-c1ccccc1. The van der Waals surface area contributed by atoms with Crippen LogP contribution in [0.4, 0.5) is 5.69 Å². The standard InChI is InChI=1S/C11H10ClNS/c1-7-9(10(13)11(12)14-7)8-5-3-2-4-6-8/h2-6H,13H2,1H3. The maximum absolute atomic E-state index is 5.98. The van der Waals surface area contributed by atoms with E-state index in [1.165, 1.54) is 16.2 Å². The average Bonchev–Trinajstić information content (AvgIpc) is 2.43. The van der Waals surface area contributed by atoms with Gasteiger partial charge in [0.15, 0.2) is 0 Å². The first-order chi connectivity index (χ1) is 6.70. The fourth-order valence-electron chi connectivity index (χ4n) is 1.49. The van der Waals surface area contributed by atoms with Crippen molar-refractivity contribution in [2.24, 2.45) is 0 Å².